The minimum absolute atomic E-state index is 0.189. The number of aliphatic hydroxyl groups excluding tert-OH is 1. The Morgan fingerprint density at radius 3 is 2.70 bits per heavy atom. The van der Waals surface area contributed by atoms with E-state index in [4.69, 9.17) is 21.1 Å². The number of hydrogen-bond acceptors (Lipinski definition) is 5. The van der Waals surface area contributed by atoms with Gasteiger partial charge in [-0.2, -0.15) is 0 Å². The zero-order chi connectivity index (χ0) is 23.4. The second-order valence-corrected chi connectivity index (χ2v) is 11.9. The molecule has 2 aliphatic heterocycles. The van der Waals surface area contributed by atoms with Crippen molar-refractivity contribution in [3.05, 3.63) is 59.2 Å². The molecule has 4 bridgehead atoms. The van der Waals surface area contributed by atoms with Crippen LogP contribution in [0.2, 0.25) is 5.02 Å². The second-order valence-electron chi connectivity index (χ2n) is 11.4. The van der Waals surface area contributed by atoms with Gasteiger partial charge in [0.25, 0.3) is 0 Å². The van der Waals surface area contributed by atoms with Crippen LogP contribution >= 0.6 is 11.6 Å². The molecule has 6 heteroatoms. The van der Waals surface area contributed by atoms with Crippen LogP contribution in [0.5, 0.6) is 0 Å². The molecule has 2 N–H and O–H groups in total. The Morgan fingerprint density at radius 2 is 1.97 bits per heavy atom. The highest BCUT2D eigenvalue weighted by Gasteiger charge is 2.85. The van der Waals surface area contributed by atoms with Crippen LogP contribution in [0.1, 0.15) is 38.7 Å². The number of rotatable bonds is 3. The fourth-order valence-corrected chi connectivity index (χ4v) is 8.51. The van der Waals surface area contributed by atoms with Gasteiger partial charge >= 0.3 is 0 Å². The smallest absolute Gasteiger partial charge is 0.208 e. The number of benzene rings is 1. The van der Waals surface area contributed by atoms with Crippen LogP contribution in [0.4, 0.5) is 0 Å². The zero-order valence-electron chi connectivity index (χ0n) is 19.1. The lowest BCUT2D eigenvalue weighted by molar-refractivity contribution is -0.438. The Labute approximate surface area is 199 Å². The Kier molecular flexibility index (Phi) is 4.53. The average Bonchev–Trinajstić information content (AvgIpc) is 2.89. The van der Waals surface area contributed by atoms with Crippen LogP contribution in [-0.4, -0.2) is 40.6 Å². The minimum Gasteiger partial charge on any atom is -0.387 e. The van der Waals surface area contributed by atoms with E-state index in [1.54, 1.807) is 0 Å². The van der Waals surface area contributed by atoms with E-state index in [1.807, 2.05) is 24.3 Å². The van der Waals surface area contributed by atoms with Crippen LogP contribution < -0.4 is 0 Å². The highest BCUT2D eigenvalue weighted by molar-refractivity contribution is 6.30. The molecule has 1 aromatic carbocycles. The molecule has 2 heterocycles. The summed E-state index contributed by atoms with van der Waals surface area (Å²) in [5.41, 5.74) is -0.714. The standard InChI is InChI=1S/C27H31ClO5/c1-15-18-9-10-19-25-12-4-11-24(2,3)20(25)22(30)27(31,33-14-25)26(19,21(15)29)23(18)32-13-16-5-7-17(28)8-6-16/h4-8,12,18-20,22-23,30-31H,1,9-11,13-14H2,2-3H3/t18-,19-,20+,22-,23+,25+,26-,27+/m0/s1. The number of Topliss-reactive ketones (excluding diaryl/α,β-unsaturated/α-hetero) is 1. The minimum atomic E-state index is -2.01. The maximum Gasteiger partial charge on any atom is 0.208 e. The number of carbonyl (C=O) groups is 1. The van der Waals surface area contributed by atoms with Crippen molar-refractivity contribution < 1.29 is 24.5 Å². The Balaban J connectivity index is 1.49. The number of ether oxygens (including phenoxy) is 2. The first-order valence-corrected chi connectivity index (χ1v) is 12.3. The Hall–Kier alpha value is -1.50. The fourth-order valence-electron chi connectivity index (χ4n) is 8.39. The van der Waals surface area contributed by atoms with Gasteiger partial charge in [-0.05, 0) is 53.9 Å². The monoisotopic (exact) mass is 470 g/mol. The van der Waals surface area contributed by atoms with Gasteiger partial charge in [0.05, 0.1) is 19.3 Å². The zero-order valence-corrected chi connectivity index (χ0v) is 19.8. The van der Waals surface area contributed by atoms with Crippen molar-refractivity contribution in [2.45, 2.75) is 57.7 Å². The molecule has 0 aromatic heterocycles. The largest absolute Gasteiger partial charge is 0.387 e. The van der Waals surface area contributed by atoms with Gasteiger partial charge in [-0.3, -0.25) is 4.79 Å². The molecule has 2 saturated heterocycles. The van der Waals surface area contributed by atoms with E-state index in [2.05, 4.69) is 32.6 Å². The number of carbonyl (C=O) groups excluding carboxylic acids is 1. The number of aliphatic hydroxyl groups is 2. The van der Waals surface area contributed by atoms with Gasteiger partial charge in [0.2, 0.25) is 5.79 Å². The van der Waals surface area contributed by atoms with Crippen molar-refractivity contribution in [1.29, 1.82) is 0 Å². The third kappa shape index (κ3) is 2.45. The summed E-state index contributed by atoms with van der Waals surface area (Å²) in [5, 5.41) is 24.5. The molecule has 5 fully saturated rings. The number of allylic oxidation sites excluding steroid dienone is 1. The van der Waals surface area contributed by atoms with Crippen LogP contribution in [0.3, 0.4) is 0 Å². The summed E-state index contributed by atoms with van der Waals surface area (Å²) in [6.07, 6.45) is 4.89. The summed E-state index contributed by atoms with van der Waals surface area (Å²) in [7, 11) is 0. The van der Waals surface area contributed by atoms with E-state index in [0.29, 0.717) is 17.2 Å². The SMILES string of the molecule is C=C1C(=O)[C@]23[C@H](OCc4ccc(Cl)cc4)[C@H]1CC[C@H]2[C@]12C=CCC(C)(C)[C@H]1[C@H](O)[C@@]3(O)OC2. The first kappa shape index (κ1) is 22.0. The summed E-state index contributed by atoms with van der Waals surface area (Å²) < 4.78 is 12.6. The van der Waals surface area contributed by atoms with E-state index >= 15 is 0 Å². The summed E-state index contributed by atoms with van der Waals surface area (Å²) in [6.45, 7) is 8.98. The number of hydrogen-bond donors (Lipinski definition) is 2. The second kappa shape index (κ2) is 6.79. The van der Waals surface area contributed by atoms with Gasteiger partial charge in [-0.1, -0.05) is 56.3 Å². The first-order chi connectivity index (χ1) is 15.6. The van der Waals surface area contributed by atoms with Gasteiger partial charge in [-0.25, -0.2) is 0 Å². The summed E-state index contributed by atoms with van der Waals surface area (Å²) in [6, 6.07) is 7.41. The molecule has 3 saturated carbocycles. The lowest BCUT2D eigenvalue weighted by Crippen LogP contribution is -2.83. The maximum atomic E-state index is 14.0. The third-order valence-corrected chi connectivity index (χ3v) is 9.83. The predicted octanol–water partition coefficient (Wildman–Crippen LogP) is 4.06. The molecule has 2 spiro atoms. The van der Waals surface area contributed by atoms with Crippen molar-refractivity contribution in [1.82, 2.24) is 0 Å². The molecule has 0 unspecified atom stereocenters. The lowest BCUT2D eigenvalue weighted by Gasteiger charge is -2.72. The molecular formula is C27H31ClO5. The summed E-state index contributed by atoms with van der Waals surface area (Å²) in [4.78, 5) is 14.0. The van der Waals surface area contributed by atoms with E-state index in [9.17, 15) is 15.0 Å². The predicted molar refractivity (Wildman–Crippen MR) is 123 cm³/mol. The molecule has 5 nitrogen and oxygen atoms in total. The van der Waals surface area contributed by atoms with Crippen molar-refractivity contribution in [2.24, 2.45) is 34.0 Å². The molecule has 176 valence electrons. The maximum absolute atomic E-state index is 14.0. The molecule has 0 amide bonds. The normalized spacial score (nSPS) is 46.9. The van der Waals surface area contributed by atoms with E-state index in [-0.39, 0.29) is 35.6 Å². The molecular weight excluding hydrogens is 440 g/mol. The van der Waals surface area contributed by atoms with Crippen LogP contribution in [-0.2, 0) is 20.9 Å². The van der Waals surface area contributed by atoms with Crippen LogP contribution in [0.25, 0.3) is 0 Å². The molecule has 7 rings (SSSR count). The lowest BCUT2D eigenvalue weighted by atomic mass is 9.37. The van der Waals surface area contributed by atoms with Gasteiger partial charge in [0.1, 0.15) is 11.5 Å². The number of fused-ring (bicyclic) bond motifs is 2. The highest BCUT2D eigenvalue weighted by Crippen LogP contribution is 2.75. The van der Waals surface area contributed by atoms with Crippen LogP contribution in [0.15, 0.2) is 48.6 Å². The quantitative estimate of drug-likeness (QED) is 0.514. The molecule has 33 heavy (non-hydrogen) atoms. The van der Waals surface area contributed by atoms with E-state index in [0.717, 1.165) is 24.8 Å². The van der Waals surface area contributed by atoms with Crippen molar-refractivity contribution >= 4 is 17.4 Å². The van der Waals surface area contributed by atoms with Gasteiger partial charge in [0, 0.05) is 22.3 Å². The molecule has 6 aliphatic rings. The highest BCUT2D eigenvalue weighted by atomic mass is 35.5. The van der Waals surface area contributed by atoms with Crippen LogP contribution in [0, 0.1) is 34.0 Å². The van der Waals surface area contributed by atoms with Gasteiger partial charge in [0.15, 0.2) is 5.78 Å². The Morgan fingerprint density at radius 1 is 1.24 bits per heavy atom. The summed E-state index contributed by atoms with van der Waals surface area (Å²) >= 11 is 6.03. The van der Waals surface area contributed by atoms with E-state index in [1.165, 1.54) is 0 Å². The molecule has 8 atom stereocenters. The van der Waals surface area contributed by atoms with Crippen molar-refractivity contribution in [3.8, 4) is 0 Å². The molecule has 0 radical (unpaired) electrons. The topological polar surface area (TPSA) is 76.0 Å². The Bertz CT molecular complexity index is 1060. The van der Waals surface area contributed by atoms with Gasteiger partial charge < -0.3 is 19.7 Å². The number of halogens is 1. The fraction of sp³-hybridized carbons (Fsp3) is 0.593. The van der Waals surface area contributed by atoms with Gasteiger partial charge in [-0.15, -0.1) is 0 Å². The first-order valence-electron chi connectivity index (χ1n) is 11.9. The average molecular weight is 471 g/mol. The molecule has 1 aromatic rings. The third-order valence-electron chi connectivity index (χ3n) is 9.58. The van der Waals surface area contributed by atoms with Crippen molar-refractivity contribution in [3.63, 3.8) is 0 Å². The number of ketones is 1. The van der Waals surface area contributed by atoms with Crippen molar-refractivity contribution in [2.75, 3.05) is 6.61 Å². The van der Waals surface area contributed by atoms with E-state index < -0.39 is 28.8 Å². The summed E-state index contributed by atoms with van der Waals surface area (Å²) in [5.74, 6) is -2.81. The molecule has 4 aliphatic carbocycles.